The molecule has 2 amide bonds. The lowest BCUT2D eigenvalue weighted by molar-refractivity contribution is -0.131. The molecule has 0 spiro atoms. The monoisotopic (exact) mass is 246 g/mol. The van der Waals surface area contributed by atoms with Gasteiger partial charge >= 0.3 is 0 Å². The Morgan fingerprint density at radius 1 is 1.28 bits per heavy atom. The first-order valence-corrected chi connectivity index (χ1v) is 6.18. The first-order valence-electron chi connectivity index (χ1n) is 6.18. The van der Waals surface area contributed by atoms with Gasteiger partial charge in [-0.25, -0.2) is 0 Å². The highest BCUT2D eigenvalue weighted by Gasteiger charge is 2.31. The third-order valence-electron chi connectivity index (χ3n) is 3.17. The van der Waals surface area contributed by atoms with E-state index in [1.54, 1.807) is 24.1 Å². The molecular weight excluding hydrogens is 228 g/mol. The van der Waals surface area contributed by atoms with E-state index >= 15 is 0 Å². The second-order valence-corrected chi connectivity index (χ2v) is 4.74. The first-order chi connectivity index (χ1) is 8.61. The smallest absolute Gasteiger partial charge is 0.251 e. The predicted molar refractivity (Wildman–Crippen MR) is 69.0 cm³/mol. The number of benzene rings is 1. The normalized spacial score (nSPS) is 14.1. The van der Waals surface area contributed by atoms with E-state index in [0.29, 0.717) is 12.1 Å². The zero-order valence-corrected chi connectivity index (χ0v) is 10.8. The molecule has 2 rings (SSSR count). The Labute approximate surface area is 107 Å². The molecule has 4 nitrogen and oxygen atoms in total. The number of hydrogen-bond donors (Lipinski definition) is 1. The van der Waals surface area contributed by atoms with Crippen molar-refractivity contribution in [3.05, 3.63) is 35.4 Å². The third kappa shape index (κ3) is 2.88. The lowest BCUT2D eigenvalue weighted by Gasteiger charge is -2.17. The van der Waals surface area contributed by atoms with E-state index < -0.39 is 0 Å². The van der Waals surface area contributed by atoms with E-state index in [0.717, 1.165) is 18.4 Å². The zero-order valence-electron chi connectivity index (χ0n) is 10.8. The highest BCUT2D eigenvalue weighted by Crippen LogP contribution is 2.30. The molecule has 1 aromatic carbocycles. The molecule has 96 valence electrons. The maximum Gasteiger partial charge on any atom is 0.251 e. The van der Waals surface area contributed by atoms with E-state index in [9.17, 15) is 9.59 Å². The van der Waals surface area contributed by atoms with Crippen LogP contribution in [0.25, 0.3) is 0 Å². The molecule has 0 aliphatic heterocycles. The van der Waals surface area contributed by atoms with Crippen LogP contribution >= 0.6 is 0 Å². The van der Waals surface area contributed by atoms with Crippen LogP contribution in [0, 0.1) is 5.92 Å². The Morgan fingerprint density at radius 3 is 2.39 bits per heavy atom. The van der Waals surface area contributed by atoms with Gasteiger partial charge in [0, 0.05) is 32.1 Å². The molecule has 0 atom stereocenters. The van der Waals surface area contributed by atoms with Gasteiger partial charge in [0.2, 0.25) is 5.91 Å². The number of amides is 2. The van der Waals surface area contributed by atoms with E-state index in [1.165, 1.54) is 0 Å². The molecule has 1 N–H and O–H groups in total. The minimum Gasteiger partial charge on any atom is -0.355 e. The number of hydrogen-bond acceptors (Lipinski definition) is 2. The van der Waals surface area contributed by atoms with Crippen LogP contribution in [0.4, 0.5) is 0 Å². The van der Waals surface area contributed by atoms with Crippen LogP contribution in [0.15, 0.2) is 24.3 Å². The van der Waals surface area contributed by atoms with Crippen LogP contribution in [0.1, 0.15) is 28.8 Å². The molecule has 4 heteroatoms. The minimum absolute atomic E-state index is 0.0936. The summed E-state index contributed by atoms with van der Waals surface area (Å²) in [4.78, 5) is 24.9. The molecule has 0 bridgehead atoms. The van der Waals surface area contributed by atoms with E-state index in [-0.39, 0.29) is 17.7 Å². The zero-order chi connectivity index (χ0) is 13.1. The number of nitrogens with zero attached hydrogens (tertiary/aromatic N) is 1. The summed E-state index contributed by atoms with van der Waals surface area (Å²) >= 11 is 0. The van der Waals surface area contributed by atoms with Crippen LogP contribution in [0.2, 0.25) is 0 Å². The number of rotatable bonds is 4. The highest BCUT2D eigenvalue weighted by molar-refractivity contribution is 5.93. The Morgan fingerprint density at radius 2 is 1.89 bits per heavy atom. The molecule has 0 saturated heterocycles. The van der Waals surface area contributed by atoms with Crippen LogP contribution in [0.3, 0.4) is 0 Å². The standard InChI is InChI=1S/C14H18N2O2/c1-15-13(17)11-5-3-10(4-6-11)9-16(2)14(18)12-7-8-12/h3-6,12H,7-9H2,1-2H3,(H,15,17). The van der Waals surface area contributed by atoms with E-state index in [2.05, 4.69) is 5.32 Å². The van der Waals surface area contributed by atoms with Crippen molar-refractivity contribution < 1.29 is 9.59 Å². The lowest BCUT2D eigenvalue weighted by atomic mass is 10.1. The van der Waals surface area contributed by atoms with Gasteiger partial charge in [-0.1, -0.05) is 12.1 Å². The number of nitrogens with one attached hydrogen (secondary N) is 1. The van der Waals surface area contributed by atoms with Crippen molar-refractivity contribution in [3.8, 4) is 0 Å². The van der Waals surface area contributed by atoms with Crippen molar-refractivity contribution in [3.63, 3.8) is 0 Å². The highest BCUT2D eigenvalue weighted by atomic mass is 16.2. The predicted octanol–water partition coefficient (Wildman–Crippen LogP) is 1.41. The molecule has 1 saturated carbocycles. The van der Waals surface area contributed by atoms with Crippen LogP contribution in [0.5, 0.6) is 0 Å². The molecule has 18 heavy (non-hydrogen) atoms. The fourth-order valence-electron chi connectivity index (χ4n) is 1.90. The molecule has 0 unspecified atom stereocenters. The van der Waals surface area contributed by atoms with Crippen molar-refractivity contribution >= 4 is 11.8 Å². The van der Waals surface area contributed by atoms with Gasteiger partial charge in [-0.3, -0.25) is 9.59 Å². The summed E-state index contributed by atoms with van der Waals surface area (Å²) < 4.78 is 0. The Bertz CT molecular complexity index is 449. The molecule has 1 aliphatic rings. The Hall–Kier alpha value is -1.84. The quantitative estimate of drug-likeness (QED) is 0.873. The van der Waals surface area contributed by atoms with Gasteiger partial charge < -0.3 is 10.2 Å². The third-order valence-corrected chi connectivity index (χ3v) is 3.17. The summed E-state index contributed by atoms with van der Waals surface area (Å²) in [5, 5.41) is 2.58. The van der Waals surface area contributed by atoms with Crippen LogP contribution < -0.4 is 5.32 Å². The first kappa shape index (κ1) is 12.6. The van der Waals surface area contributed by atoms with Gasteiger partial charge in [0.15, 0.2) is 0 Å². The molecule has 0 heterocycles. The van der Waals surface area contributed by atoms with Crippen LogP contribution in [-0.4, -0.2) is 30.8 Å². The Balaban J connectivity index is 1.97. The molecule has 0 aromatic heterocycles. The summed E-state index contributed by atoms with van der Waals surface area (Å²) in [7, 11) is 3.44. The molecular formula is C14H18N2O2. The molecule has 1 aliphatic carbocycles. The van der Waals surface area contributed by atoms with Crippen molar-refractivity contribution in [2.24, 2.45) is 5.92 Å². The fourth-order valence-corrected chi connectivity index (χ4v) is 1.90. The van der Waals surface area contributed by atoms with Crippen LogP contribution in [-0.2, 0) is 11.3 Å². The van der Waals surface area contributed by atoms with Crippen molar-refractivity contribution in [1.82, 2.24) is 10.2 Å². The lowest BCUT2D eigenvalue weighted by Crippen LogP contribution is -2.27. The average molecular weight is 246 g/mol. The van der Waals surface area contributed by atoms with Gasteiger partial charge in [0.05, 0.1) is 0 Å². The minimum atomic E-state index is -0.0936. The summed E-state index contributed by atoms with van der Waals surface area (Å²) in [6.07, 6.45) is 2.05. The summed E-state index contributed by atoms with van der Waals surface area (Å²) in [5.41, 5.74) is 1.68. The number of carbonyl (C=O) groups is 2. The maximum atomic E-state index is 11.8. The summed E-state index contributed by atoms with van der Waals surface area (Å²) in [5.74, 6) is 0.384. The molecule has 1 aromatic rings. The topological polar surface area (TPSA) is 49.4 Å². The van der Waals surface area contributed by atoms with E-state index in [1.807, 2.05) is 19.2 Å². The van der Waals surface area contributed by atoms with Crippen molar-refractivity contribution in [2.45, 2.75) is 19.4 Å². The van der Waals surface area contributed by atoms with E-state index in [4.69, 9.17) is 0 Å². The summed E-state index contributed by atoms with van der Waals surface area (Å²) in [6.45, 7) is 0.601. The molecule has 0 radical (unpaired) electrons. The fraction of sp³-hybridized carbons (Fsp3) is 0.429. The summed E-state index contributed by atoms with van der Waals surface area (Å²) in [6, 6.07) is 7.34. The van der Waals surface area contributed by atoms with Gasteiger partial charge in [0.1, 0.15) is 0 Å². The largest absolute Gasteiger partial charge is 0.355 e. The average Bonchev–Trinajstić information content (AvgIpc) is 3.22. The van der Waals surface area contributed by atoms with Crippen molar-refractivity contribution in [2.75, 3.05) is 14.1 Å². The number of carbonyl (C=O) groups excluding carboxylic acids is 2. The van der Waals surface area contributed by atoms with Gasteiger partial charge in [-0.2, -0.15) is 0 Å². The SMILES string of the molecule is CNC(=O)c1ccc(CN(C)C(=O)C2CC2)cc1. The van der Waals surface area contributed by atoms with Gasteiger partial charge in [-0.05, 0) is 30.5 Å². The second kappa shape index (κ2) is 5.21. The van der Waals surface area contributed by atoms with Gasteiger partial charge in [-0.15, -0.1) is 0 Å². The second-order valence-electron chi connectivity index (χ2n) is 4.74. The maximum absolute atomic E-state index is 11.8. The molecule has 1 fully saturated rings. The van der Waals surface area contributed by atoms with Gasteiger partial charge in [0.25, 0.3) is 5.91 Å². The van der Waals surface area contributed by atoms with Crippen molar-refractivity contribution in [1.29, 1.82) is 0 Å². The Kier molecular flexibility index (Phi) is 3.65.